The third kappa shape index (κ3) is 2.92. The summed E-state index contributed by atoms with van der Waals surface area (Å²) in [5.74, 6) is 2.72. The van der Waals surface area contributed by atoms with Crippen LogP contribution < -0.4 is 10.2 Å². The van der Waals surface area contributed by atoms with Gasteiger partial charge in [0, 0.05) is 44.2 Å². The molecule has 0 atom stereocenters. The molecule has 3 aromatic heterocycles. The lowest BCUT2D eigenvalue weighted by atomic mass is 10.0. The van der Waals surface area contributed by atoms with Crippen LogP contribution in [0.25, 0.3) is 5.65 Å². The summed E-state index contributed by atoms with van der Waals surface area (Å²) in [7, 11) is 1.84. The fraction of sp³-hybridized carbons (Fsp3) is 0.500. The van der Waals surface area contributed by atoms with E-state index in [0.29, 0.717) is 24.1 Å². The zero-order valence-electron chi connectivity index (χ0n) is 15.5. The molecular formula is C18H22N8O. The molecule has 9 heteroatoms. The maximum absolute atomic E-state index is 12.2. The van der Waals surface area contributed by atoms with Gasteiger partial charge in [-0.25, -0.2) is 0 Å². The number of aryl methyl sites for hydroxylation is 2. The number of amides is 1. The Hall–Kier alpha value is -2.97. The Bertz CT molecular complexity index is 992. The minimum absolute atomic E-state index is 0.116. The summed E-state index contributed by atoms with van der Waals surface area (Å²) in [6.45, 7) is 4.33. The number of carbonyl (C=O) groups is 1. The van der Waals surface area contributed by atoms with Crippen molar-refractivity contribution >= 4 is 17.4 Å². The molecule has 4 heterocycles. The van der Waals surface area contributed by atoms with Crippen molar-refractivity contribution in [3.63, 3.8) is 0 Å². The first-order chi connectivity index (χ1) is 13.1. The van der Waals surface area contributed by atoms with Gasteiger partial charge in [0.05, 0.1) is 0 Å². The number of anilines is 1. The normalized spacial score (nSPS) is 17.3. The van der Waals surface area contributed by atoms with E-state index in [1.165, 1.54) is 12.8 Å². The number of hydrogen-bond donors (Lipinski definition) is 1. The summed E-state index contributed by atoms with van der Waals surface area (Å²) in [6, 6.07) is 5.77. The maximum Gasteiger partial charge on any atom is 0.271 e. The molecule has 0 spiro atoms. The molecule has 3 aromatic rings. The minimum Gasteiger partial charge on any atom is -0.354 e. The average Bonchev–Trinajstić information content (AvgIpc) is 3.29. The second-order valence-corrected chi connectivity index (χ2v) is 7.57. The molecule has 2 aliphatic rings. The molecule has 1 amide bonds. The predicted molar refractivity (Wildman–Crippen MR) is 98.7 cm³/mol. The van der Waals surface area contributed by atoms with E-state index in [9.17, 15) is 4.79 Å². The number of aromatic nitrogens is 6. The lowest BCUT2D eigenvalue weighted by Crippen LogP contribution is -2.52. The molecule has 1 aliphatic heterocycles. The highest BCUT2D eigenvalue weighted by atomic mass is 16.1. The third-order valence-electron chi connectivity index (χ3n) is 5.39. The van der Waals surface area contributed by atoms with Crippen molar-refractivity contribution in [2.75, 3.05) is 24.5 Å². The maximum atomic E-state index is 12.2. The van der Waals surface area contributed by atoms with Crippen molar-refractivity contribution in [3.05, 3.63) is 35.4 Å². The number of fused-ring (bicyclic) bond motifs is 1. The summed E-state index contributed by atoms with van der Waals surface area (Å²) < 4.78 is 3.59. The Morgan fingerprint density at radius 1 is 1.22 bits per heavy atom. The molecule has 0 unspecified atom stereocenters. The van der Waals surface area contributed by atoms with Crippen molar-refractivity contribution in [3.8, 4) is 0 Å². The van der Waals surface area contributed by atoms with Crippen LogP contribution in [0.15, 0.2) is 18.2 Å². The van der Waals surface area contributed by atoms with Crippen LogP contribution in [0.2, 0.25) is 0 Å². The largest absolute Gasteiger partial charge is 0.354 e. The molecule has 1 saturated heterocycles. The van der Waals surface area contributed by atoms with Gasteiger partial charge in [-0.2, -0.15) is 9.61 Å². The van der Waals surface area contributed by atoms with E-state index in [0.717, 1.165) is 36.1 Å². The number of hydrogen-bond acceptors (Lipinski definition) is 6. The molecule has 1 N–H and O–H groups in total. The van der Waals surface area contributed by atoms with Crippen molar-refractivity contribution in [2.24, 2.45) is 13.0 Å². The van der Waals surface area contributed by atoms with Crippen LogP contribution >= 0.6 is 0 Å². The van der Waals surface area contributed by atoms with Crippen LogP contribution in [0.3, 0.4) is 0 Å². The van der Waals surface area contributed by atoms with Gasteiger partial charge >= 0.3 is 0 Å². The molecule has 140 valence electrons. The van der Waals surface area contributed by atoms with Crippen LogP contribution in [0.4, 0.5) is 5.82 Å². The zero-order valence-corrected chi connectivity index (χ0v) is 15.5. The van der Waals surface area contributed by atoms with Crippen molar-refractivity contribution in [1.82, 2.24) is 34.9 Å². The van der Waals surface area contributed by atoms with Crippen molar-refractivity contribution < 1.29 is 4.79 Å². The van der Waals surface area contributed by atoms with Crippen molar-refractivity contribution in [2.45, 2.75) is 25.7 Å². The molecule has 0 bridgehead atoms. The average molecular weight is 366 g/mol. The Kier molecular flexibility index (Phi) is 3.63. The van der Waals surface area contributed by atoms with Crippen molar-refractivity contribution in [1.29, 1.82) is 0 Å². The molecule has 27 heavy (non-hydrogen) atoms. The lowest BCUT2D eigenvalue weighted by Gasteiger charge is -2.40. The topological polar surface area (TPSA) is 93.2 Å². The van der Waals surface area contributed by atoms with Crippen LogP contribution in [0, 0.1) is 12.8 Å². The monoisotopic (exact) mass is 366 g/mol. The first-order valence-corrected chi connectivity index (χ1v) is 9.34. The molecule has 9 nitrogen and oxygen atoms in total. The van der Waals surface area contributed by atoms with E-state index in [1.807, 2.05) is 30.6 Å². The van der Waals surface area contributed by atoms with Gasteiger partial charge in [-0.05, 0) is 38.0 Å². The van der Waals surface area contributed by atoms with Gasteiger partial charge in [-0.3, -0.25) is 9.48 Å². The van der Waals surface area contributed by atoms with E-state index < -0.39 is 0 Å². The summed E-state index contributed by atoms with van der Waals surface area (Å²) >= 11 is 0. The standard InChI is InChI=1S/C18H22N8O/c1-11-7-14(22-24(11)2)18(27)19-8-12-9-25(10-12)16-6-5-15-20-21-17(13-3-4-13)26(15)23-16/h5-7,12-13H,3-4,8-10H2,1-2H3,(H,19,27). The second-order valence-electron chi connectivity index (χ2n) is 7.57. The summed E-state index contributed by atoms with van der Waals surface area (Å²) in [5, 5.41) is 20.4. The van der Waals surface area contributed by atoms with Gasteiger partial charge in [-0.15, -0.1) is 15.3 Å². The zero-order chi connectivity index (χ0) is 18.5. The Morgan fingerprint density at radius 3 is 2.74 bits per heavy atom. The van der Waals surface area contributed by atoms with Crippen LogP contribution in [0.5, 0.6) is 0 Å². The fourth-order valence-electron chi connectivity index (χ4n) is 3.45. The first-order valence-electron chi connectivity index (χ1n) is 9.34. The van der Waals surface area contributed by atoms with Gasteiger partial charge < -0.3 is 10.2 Å². The predicted octanol–water partition coefficient (Wildman–Crippen LogP) is 0.910. The van der Waals surface area contributed by atoms with E-state index >= 15 is 0 Å². The fourth-order valence-corrected chi connectivity index (χ4v) is 3.45. The van der Waals surface area contributed by atoms with Gasteiger partial charge in [0.15, 0.2) is 11.5 Å². The van der Waals surface area contributed by atoms with E-state index in [-0.39, 0.29) is 5.91 Å². The van der Waals surface area contributed by atoms with Gasteiger partial charge in [0.25, 0.3) is 5.91 Å². The van der Waals surface area contributed by atoms with E-state index in [1.54, 1.807) is 10.7 Å². The van der Waals surface area contributed by atoms with Crippen LogP contribution in [0.1, 0.15) is 40.8 Å². The second kappa shape index (κ2) is 6.04. The Labute approximate surface area is 156 Å². The summed E-state index contributed by atoms with van der Waals surface area (Å²) in [4.78, 5) is 14.4. The molecule has 1 saturated carbocycles. The number of carbonyl (C=O) groups excluding carboxylic acids is 1. The van der Waals surface area contributed by atoms with E-state index in [4.69, 9.17) is 5.10 Å². The van der Waals surface area contributed by atoms with Crippen LogP contribution in [-0.2, 0) is 7.05 Å². The highest BCUT2D eigenvalue weighted by Crippen LogP contribution is 2.38. The van der Waals surface area contributed by atoms with Gasteiger partial charge in [0.1, 0.15) is 11.5 Å². The summed E-state index contributed by atoms with van der Waals surface area (Å²) in [5.41, 5.74) is 2.24. The lowest BCUT2D eigenvalue weighted by molar-refractivity contribution is 0.0938. The van der Waals surface area contributed by atoms with E-state index in [2.05, 4.69) is 25.5 Å². The molecule has 0 aromatic carbocycles. The highest BCUT2D eigenvalue weighted by molar-refractivity contribution is 5.92. The molecule has 0 radical (unpaired) electrons. The SMILES string of the molecule is Cc1cc(C(=O)NCC2CN(c3ccc4nnc(C5CC5)n4n3)C2)nn1C. The smallest absolute Gasteiger partial charge is 0.271 e. The molecule has 5 rings (SSSR count). The van der Waals surface area contributed by atoms with Gasteiger partial charge in [0.2, 0.25) is 0 Å². The molecule has 2 fully saturated rings. The van der Waals surface area contributed by atoms with Crippen LogP contribution in [-0.4, -0.2) is 55.1 Å². The first kappa shape index (κ1) is 16.2. The quantitative estimate of drug-likeness (QED) is 0.721. The number of nitrogens with one attached hydrogen (secondary N) is 1. The number of nitrogens with zero attached hydrogens (tertiary/aromatic N) is 7. The summed E-state index contributed by atoms with van der Waals surface area (Å²) in [6.07, 6.45) is 2.35. The Balaban J connectivity index is 1.19. The minimum atomic E-state index is -0.116. The highest BCUT2D eigenvalue weighted by Gasteiger charge is 2.31. The number of rotatable bonds is 5. The Morgan fingerprint density at radius 2 is 2.04 bits per heavy atom. The third-order valence-corrected chi connectivity index (χ3v) is 5.39. The molecular weight excluding hydrogens is 344 g/mol. The molecule has 1 aliphatic carbocycles. The van der Waals surface area contributed by atoms with Gasteiger partial charge in [-0.1, -0.05) is 0 Å².